The molecule has 1 saturated heterocycles. The normalized spacial score (nSPS) is 17.2. The van der Waals surface area contributed by atoms with Crippen LogP contribution in [0.1, 0.15) is 13.8 Å². The highest BCUT2D eigenvalue weighted by Crippen LogP contribution is 1.97. The summed E-state index contributed by atoms with van der Waals surface area (Å²) in [5, 5.41) is 0. The Bertz CT molecular complexity index is 179. The maximum absolute atomic E-state index is 11.4. The first-order chi connectivity index (χ1) is 6.70. The van der Waals surface area contributed by atoms with Gasteiger partial charge in [0.1, 0.15) is 0 Å². The fraction of sp³-hybridized carbons (Fsp3) is 0.889. The van der Waals surface area contributed by atoms with E-state index in [9.17, 15) is 4.79 Å². The first-order valence-electron chi connectivity index (χ1n) is 4.94. The van der Waals surface area contributed by atoms with Crippen molar-refractivity contribution < 1.29 is 14.4 Å². The summed E-state index contributed by atoms with van der Waals surface area (Å²) in [6.45, 7) is 7.08. The number of nitrogens with one attached hydrogen (secondary N) is 1. The lowest BCUT2D eigenvalue weighted by Crippen LogP contribution is -2.46. The average molecular weight is 202 g/mol. The molecule has 82 valence electrons. The summed E-state index contributed by atoms with van der Waals surface area (Å²) in [6, 6.07) is -0.172. The number of nitrogens with zero attached hydrogens (tertiary/aromatic N) is 1. The molecule has 1 N–H and O–H groups in total. The molecule has 5 nitrogen and oxygen atoms in total. The van der Waals surface area contributed by atoms with Crippen LogP contribution in [0, 0.1) is 5.92 Å². The van der Waals surface area contributed by atoms with E-state index >= 15 is 0 Å². The molecular formula is C9H18N2O3. The van der Waals surface area contributed by atoms with E-state index in [0.29, 0.717) is 38.8 Å². The van der Waals surface area contributed by atoms with E-state index in [2.05, 4.69) is 5.48 Å². The summed E-state index contributed by atoms with van der Waals surface area (Å²) in [5.41, 5.74) is 2.42. The SMILES string of the molecule is CC(C)CONC(=O)N1CCOCC1. The Morgan fingerprint density at radius 1 is 1.50 bits per heavy atom. The molecule has 0 unspecified atom stereocenters. The number of morpholine rings is 1. The van der Waals surface area contributed by atoms with Crippen molar-refractivity contribution in [3.05, 3.63) is 0 Å². The van der Waals surface area contributed by atoms with Crippen molar-refractivity contribution in [3.63, 3.8) is 0 Å². The topological polar surface area (TPSA) is 50.8 Å². The molecule has 0 atom stereocenters. The smallest absolute Gasteiger partial charge is 0.341 e. The van der Waals surface area contributed by atoms with Crippen molar-refractivity contribution in [1.29, 1.82) is 0 Å². The number of hydrogen-bond donors (Lipinski definition) is 1. The van der Waals surface area contributed by atoms with Crippen molar-refractivity contribution in [3.8, 4) is 0 Å². The van der Waals surface area contributed by atoms with Crippen molar-refractivity contribution in [2.45, 2.75) is 13.8 Å². The summed E-state index contributed by atoms with van der Waals surface area (Å²) in [6.07, 6.45) is 0. The molecule has 1 fully saturated rings. The zero-order chi connectivity index (χ0) is 10.4. The molecular weight excluding hydrogens is 184 g/mol. The minimum Gasteiger partial charge on any atom is -0.378 e. The van der Waals surface area contributed by atoms with Gasteiger partial charge in [-0.15, -0.1) is 0 Å². The highest BCUT2D eigenvalue weighted by atomic mass is 16.7. The molecule has 1 rings (SSSR count). The fourth-order valence-electron chi connectivity index (χ4n) is 1.10. The van der Waals surface area contributed by atoms with Gasteiger partial charge in [0.15, 0.2) is 0 Å². The van der Waals surface area contributed by atoms with Gasteiger partial charge in [-0.3, -0.25) is 4.84 Å². The first kappa shape index (κ1) is 11.3. The van der Waals surface area contributed by atoms with Crippen LogP contribution in [-0.4, -0.2) is 43.8 Å². The number of carbonyl (C=O) groups is 1. The lowest BCUT2D eigenvalue weighted by molar-refractivity contribution is 0.0110. The molecule has 0 bridgehead atoms. The number of urea groups is 1. The minimum atomic E-state index is -0.172. The number of carbonyl (C=O) groups excluding carboxylic acids is 1. The van der Waals surface area contributed by atoms with E-state index in [-0.39, 0.29) is 6.03 Å². The maximum atomic E-state index is 11.4. The van der Waals surface area contributed by atoms with Gasteiger partial charge < -0.3 is 9.64 Å². The third-order valence-electron chi connectivity index (χ3n) is 1.87. The van der Waals surface area contributed by atoms with E-state index in [4.69, 9.17) is 9.57 Å². The van der Waals surface area contributed by atoms with Gasteiger partial charge in [-0.25, -0.2) is 10.3 Å². The fourth-order valence-corrected chi connectivity index (χ4v) is 1.10. The quantitative estimate of drug-likeness (QED) is 0.682. The van der Waals surface area contributed by atoms with Crippen molar-refractivity contribution in [2.75, 3.05) is 32.9 Å². The zero-order valence-corrected chi connectivity index (χ0v) is 8.78. The van der Waals surface area contributed by atoms with Gasteiger partial charge in [0.2, 0.25) is 0 Å². The number of ether oxygens (including phenoxy) is 1. The van der Waals surface area contributed by atoms with Crippen molar-refractivity contribution in [1.82, 2.24) is 10.4 Å². The lowest BCUT2D eigenvalue weighted by Gasteiger charge is -2.26. The molecule has 14 heavy (non-hydrogen) atoms. The summed E-state index contributed by atoms with van der Waals surface area (Å²) >= 11 is 0. The first-order valence-corrected chi connectivity index (χ1v) is 4.94. The summed E-state index contributed by atoms with van der Waals surface area (Å²) in [4.78, 5) is 18.1. The second-order valence-corrected chi connectivity index (χ2v) is 3.71. The highest BCUT2D eigenvalue weighted by Gasteiger charge is 2.16. The molecule has 0 spiro atoms. The maximum Gasteiger partial charge on any atom is 0.341 e. The number of amides is 2. The molecule has 5 heteroatoms. The van der Waals surface area contributed by atoms with Gasteiger partial charge in [-0.05, 0) is 5.92 Å². The molecule has 1 aliphatic rings. The highest BCUT2D eigenvalue weighted by molar-refractivity contribution is 5.73. The van der Waals surface area contributed by atoms with Crippen LogP contribution >= 0.6 is 0 Å². The second kappa shape index (κ2) is 5.82. The standard InChI is InChI=1S/C9H18N2O3/c1-8(2)7-14-10-9(12)11-3-5-13-6-4-11/h8H,3-7H2,1-2H3,(H,10,12). The van der Waals surface area contributed by atoms with Crippen LogP contribution in [0.2, 0.25) is 0 Å². The van der Waals surface area contributed by atoms with Crippen molar-refractivity contribution >= 4 is 6.03 Å². The van der Waals surface area contributed by atoms with Crippen LogP contribution in [-0.2, 0) is 9.57 Å². The number of hydroxylamine groups is 1. The molecule has 0 aliphatic carbocycles. The molecule has 1 aliphatic heterocycles. The van der Waals surface area contributed by atoms with E-state index in [1.54, 1.807) is 4.90 Å². The predicted molar refractivity (Wildman–Crippen MR) is 51.7 cm³/mol. The van der Waals surface area contributed by atoms with Gasteiger partial charge in [-0.2, -0.15) is 0 Å². The van der Waals surface area contributed by atoms with Crippen LogP contribution in [0.5, 0.6) is 0 Å². The predicted octanol–water partition coefficient (Wildman–Crippen LogP) is 0.616. The molecule has 0 radical (unpaired) electrons. The third kappa shape index (κ3) is 3.93. The van der Waals surface area contributed by atoms with Gasteiger partial charge >= 0.3 is 6.03 Å². The zero-order valence-electron chi connectivity index (χ0n) is 8.78. The minimum absolute atomic E-state index is 0.172. The number of rotatable bonds is 3. The van der Waals surface area contributed by atoms with Gasteiger partial charge in [-0.1, -0.05) is 13.8 Å². The second-order valence-electron chi connectivity index (χ2n) is 3.71. The summed E-state index contributed by atoms with van der Waals surface area (Å²) in [7, 11) is 0. The molecule has 0 aromatic carbocycles. The van der Waals surface area contributed by atoms with E-state index in [1.807, 2.05) is 13.8 Å². The molecule has 2 amide bonds. The average Bonchev–Trinajstić information content (AvgIpc) is 2.18. The Morgan fingerprint density at radius 3 is 2.71 bits per heavy atom. The van der Waals surface area contributed by atoms with Gasteiger partial charge in [0.05, 0.1) is 19.8 Å². The Morgan fingerprint density at radius 2 is 2.14 bits per heavy atom. The van der Waals surface area contributed by atoms with E-state index in [1.165, 1.54) is 0 Å². The van der Waals surface area contributed by atoms with Crippen LogP contribution in [0.25, 0.3) is 0 Å². The van der Waals surface area contributed by atoms with Gasteiger partial charge in [0.25, 0.3) is 0 Å². The Labute approximate surface area is 84.3 Å². The molecule has 0 aromatic rings. The lowest BCUT2D eigenvalue weighted by atomic mass is 10.2. The van der Waals surface area contributed by atoms with Crippen LogP contribution in [0.4, 0.5) is 4.79 Å². The molecule has 0 aromatic heterocycles. The summed E-state index contributed by atoms with van der Waals surface area (Å²) in [5.74, 6) is 0.417. The Kier molecular flexibility index (Phi) is 4.69. The van der Waals surface area contributed by atoms with Crippen molar-refractivity contribution in [2.24, 2.45) is 5.92 Å². The van der Waals surface area contributed by atoms with Crippen LogP contribution < -0.4 is 5.48 Å². The van der Waals surface area contributed by atoms with Gasteiger partial charge in [0, 0.05) is 13.1 Å². The van der Waals surface area contributed by atoms with Crippen LogP contribution in [0.3, 0.4) is 0 Å². The van der Waals surface area contributed by atoms with E-state index < -0.39 is 0 Å². The third-order valence-corrected chi connectivity index (χ3v) is 1.87. The van der Waals surface area contributed by atoms with E-state index in [0.717, 1.165) is 0 Å². The molecule has 0 saturated carbocycles. The molecule has 1 heterocycles. The van der Waals surface area contributed by atoms with Crippen LogP contribution in [0.15, 0.2) is 0 Å². The Balaban J connectivity index is 2.13. The largest absolute Gasteiger partial charge is 0.378 e. The summed E-state index contributed by atoms with van der Waals surface area (Å²) < 4.78 is 5.13. The number of hydrogen-bond acceptors (Lipinski definition) is 3. The Hall–Kier alpha value is -0.810. The monoisotopic (exact) mass is 202 g/mol.